The first-order chi connectivity index (χ1) is 11.6. The highest BCUT2D eigenvalue weighted by atomic mass is 32.1. The molecule has 1 aromatic carbocycles. The molecule has 1 N–H and O–H groups in total. The molecule has 132 valence electrons. The van der Waals surface area contributed by atoms with Crippen LogP contribution in [0.15, 0.2) is 36.9 Å². The van der Waals surface area contributed by atoms with Gasteiger partial charge in [-0.1, -0.05) is 30.7 Å². The maximum absolute atomic E-state index is 12.4. The van der Waals surface area contributed by atoms with Gasteiger partial charge in [0.2, 0.25) is 0 Å². The molecule has 0 saturated heterocycles. The maximum Gasteiger partial charge on any atom is 0.308 e. The summed E-state index contributed by atoms with van der Waals surface area (Å²) >= 11 is 4.25. The van der Waals surface area contributed by atoms with Crippen LogP contribution in [0.4, 0.5) is 0 Å². The van der Waals surface area contributed by atoms with Gasteiger partial charge >= 0.3 is 5.97 Å². The number of nitrogens with one attached hydrogen (secondary N) is 1. The van der Waals surface area contributed by atoms with Gasteiger partial charge in [0.25, 0.3) is 5.91 Å². The predicted molar refractivity (Wildman–Crippen MR) is 100 cm³/mol. The number of carbonyl (C=O) groups is 2. The Morgan fingerprint density at radius 3 is 2.75 bits per heavy atom. The van der Waals surface area contributed by atoms with Crippen molar-refractivity contribution >= 4 is 24.5 Å². The summed E-state index contributed by atoms with van der Waals surface area (Å²) in [6.07, 6.45) is 7.12. The SMILES string of the molecule is C=CCCCCCc1ccccc1C(=O)NC(S)CC(=O)OCC. The number of rotatable bonds is 11. The summed E-state index contributed by atoms with van der Waals surface area (Å²) in [7, 11) is 0. The lowest BCUT2D eigenvalue weighted by atomic mass is 10.0. The Hall–Kier alpha value is -1.75. The second kappa shape index (κ2) is 11.7. The van der Waals surface area contributed by atoms with Gasteiger partial charge in [-0.05, 0) is 44.2 Å². The molecular formula is C19H27NO3S. The fourth-order valence-corrected chi connectivity index (χ4v) is 2.66. The Labute approximate surface area is 150 Å². The number of allylic oxidation sites excluding steroid dienone is 1. The van der Waals surface area contributed by atoms with Crippen LogP contribution in [0.2, 0.25) is 0 Å². The van der Waals surface area contributed by atoms with Crippen molar-refractivity contribution < 1.29 is 14.3 Å². The number of thiol groups is 1. The average Bonchev–Trinajstić information content (AvgIpc) is 2.55. The van der Waals surface area contributed by atoms with Gasteiger partial charge in [-0.25, -0.2) is 0 Å². The second-order valence-electron chi connectivity index (χ2n) is 5.54. The Kier molecular flexibility index (Phi) is 9.92. The molecule has 1 unspecified atom stereocenters. The summed E-state index contributed by atoms with van der Waals surface area (Å²) in [5.74, 6) is -0.575. The van der Waals surface area contributed by atoms with E-state index in [1.165, 1.54) is 0 Å². The molecule has 4 nitrogen and oxygen atoms in total. The number of hydrogen-bond acceptors (Lipinski definition) is 4. The Morgan fingerprint density at radius 2 is 2.04 bits per heavy atom. The van der Waals surface area contributed by atoms with E-state index < -0.39 is 5.37 Å². The molecule has 1 rings (SSSR count). The Balaban J connectivity index is 2.56. The Morgan fingerprint density at radius 1 is 1.29 bits per heavy atom. The highest BCUT2D eigenvalue weighted by Gasteiger charge is 2.16. The van der Waals surface area contributed by atoms with E-state index in [4.69, 9.17) is 4.74 Å². The van der Waals surface area contributed by atoms with Gasteiger partial charge in [0.1, 0.15) is 0 Å². The highest BCUT2D eigenvalue weighted by Crippen LogP contribution is 2.14. The Bertz CT molecular complexity index is 545. The summed E-state index contributed by atoms with van der Waals surface area (Å²) in [6.45, 7) is 5.79. The van der Waals surface area contributed by atoms with Crippen molar-refractivity contribution in [2.75, 3.05) is 6.61 Å². The van der Waals surface area contributed by atoms with Gasteiger partial charge in [-0.15, -0.1) is 6.58 Å². The van der Waals surface area contributed by atoms with Crippen LogP contribution in [0.1, 0.15) is 54.9 Å². The molecule has 0 spiro atoms. The molecule has 5 heteroatoms. The third-order valence-corrected chi connectivity index (χ3v) is 3.89. The number of amides is 1. The first-order valence-corrected chi connectivity index (χ1v) is 8.93. The summed E-state index contributed by atoms with van der Waals surface area (Å²) in [5, 5.41) is 2.19. The zero-order valence-electron chi connectivity index (χ0n) is 14.3. The topological polar surface area (TPSA) is 55.4 Å². The number of benzene rings is 1. The number of ether oxygens (including phenoxy) is 1. The first-order valence-electron chi connectivity index (χ1n) is 8.41. The van der Waals surface area contributed by atoms with E-state index in [-0.39, 0.29) is 18.3 Å². The second-order valence-corrected chi connectivity index (χ2v) is 6.17. The smallest absolute Gasteiger partial charge is 0.308 e. The minimum atomic E-state index is -0.558. The summed E-state index contributed by atoms with van der Waals surface area (Å²) < 4.78 is 4.86. The third-order valence-electron chi connectivity index (χ3n) is 3.58. The molecule has 0 aliphatic carbocycles. The van der Waals surface area contributed by atoms with Crippen LogP contribution >= 0.6 is 12.6 Å². The van der Waals surface area contributed by atoms with Gasteiger partial charge in [0.05, 0.1) is 18.4 Å². The van der Waals surface area contributed by atoms with Crippen molar-refractivity contribution in [2.45, 2.75) is 50.8 Å². The van der Waals surface area contributed by atoms with E-state index in [2.05, 4.69) is 24.5 Å². The highest BCUT2D eigenvalue weighted by molar-refractivity contribution is 7.81. The van der Waals surface area contributed by atoms with Crippen LogP contribution in [-0.4, -0.2) is 23.9 Å². The van der Waals surface area contributed by atoms with Crippen LogP contribution in [0.5, 0.6) is 0 Å². The molecule has 0 bridgehead atoms. The molecule has 0 heterocycles. The first kappa shape index (κ1) is 20.3. The molecular weight excluding hydrogens is 322 g/mol. The number of carbonyl (C=O) groups excluding carboxylic acids is 2. The van der Waals surface area contributed by atoms with E-state index in [1.54, 1.807) is 13.0 Å². The zero-order valence-corrected chi connectivity index (χ0v) is 15.2. The monoisotopic (exact) mass is 349 g/mol. The van der Waals surface area contributed by atoms with Crippen molar-refractivity contribution in [3.05, 3.63) is 48.0 Å². The van der Waals surface area contributed by atoms with E-state index in [1.807, 2.05) is 24.3 Å². The standard InChI is InChI=1S/C19H27NO3S/c1-3-5-6-7-8-11-15-12-9-10-13-16(15)19(22)20-17(24)14-18(21)23-4-2/h3,9-10,12-13,17,24H,1,4-8,11,14H2,2H3,(H,20,22). The van der Waals surface area contributed by atoms with E-state index in [0.29, 0.717) is 12.2 Å². The fraction of sp³-hybridized carbons (Fsp3) is 0.474. The molecule has 0 aliphatic rings. The van der Waals surface area contributed by atoms with Crippen molar-refractivity contribution in [3.8, 4) is 0 Å². The molecule has 1 aromatic rings. The van der Waals surface area contributed by atoms with Crippen molar-refractivity contribution in [2.24, 2.45) is 0 Å². The van der Waals surface area contributed by atoms with Gasteiger partial charge in [-0.2, -0.15) is 12.6 Å². The summed E-state index contributed by atoms with van der Waals surface area (Å²) in [5.41, 5.74) is 1.66. The lowest BCUT2D eigenvalue weighted by Crippen LogP contribution is -2.33. The molecule has 0 aromatic heterocycles. The van der Waals surface area contributed by atoms with Gasteiger partial charge in [0.15, 0.2) is 0 Å². The van der Waals surface area contributed by atoms with Crippen molar-refractivity contribution in [3.63, 3.8) is 0 Å². The number of esters is 1. The molecule has 0 radical (unpaired) electrons. The molecule has 0 saturated carbocycles. The zero-order chi connectivity index (χ0) is 17.8. The summed E-state index contributed by atoms with van der Waals surface area (Å²) in [6, 6.07) is 7.56. The van der Waals surface area contributed by atoms with Crippen LogP contribution in [-0.2, 0) is 16.0 Å². The largest absolute Gasteiger partial charge is 0.466 e. The number of aryl methyl sites for hydroxylation is 1. The van der Waals surface area contributed by atoms with E-state index >= 15 is 0 Å². The minimum absolute atomic E-state index is 0.0480. The molecule has 1 atom stereocenters. The predicted octanol–water partition coefficient (Wildman–Crippen LogP) is 3.91. The molecule has 0 fully saturated rings. The fourth-order valence-electron chi connectivity index (χ4n) is 2.40. The van der Waals surface area contributed by atoms with Crippen LogP contribution < -0.4 is 5.32 Å². The molecule has 1 amide bonds. The van der Waals surface area contributed by atoms with Gasteiger partial charge < -0.3 is 10.1 Å². The lowest BCUT2D eigenvalue weighted by Gasteiger charge is -2.14. The van der Waals surface area contributed by atoms with Crippen LogP contribution in [0.25, 0.3) is 0 Å². The lowest BCUT2D eigenvalue weighted by molar-refractivity contribution is -0.143. The summed E-state index contributed by atoms with van der Waals surface area (Å²) in [4.78, 5) is 23.9. The maximum atomic E-state index is 12.4. The van der Waals surface area contributed by atoms with Gasteiger partial charge in [0, 0.05) is 5.56 Å². The molecule has 0 aliphatic heterocycles. The minimum Gasteiger partial charge on any atom is -0.466 e. The van der Waals surface area contributed by atoms with E-state index in [9.17, 15) is 9.59 Å². The number of hydrogen-bond donors (Lipinski definition) is 2. The van der Waals surface area contributed by atoms with Crippen LogP contribution in [0.3, 0.4) is 0 Å². The van der Waals surface area contributed by atoms with Crippen molar-refractivity contribution in [1.29, 1.82) is 0 Å². The van der Waals surface area contributed by atoms with Gasteiger partial charge in [-0.3, -0.25) is 9.59 Å². The van der Waals surface area contributed by atoms with Crippen molar-refractivity contribution in [1.82, 2.24) is 5.32 Å². The third kappa shape index (κ3) is 7.68. The number of unbranched alkanes of at least 4 members (excludes halogenated alkanes) is 3. The average molecular weight is 349 g/mol. The quantitative estimate of drug-likeness (QED) is 0.209. The normalized spacial score (nSPS) is 11.6. The molecule has 24 heavy (non-hydrogen) atoms. The van der Waals surface area contributed by atoms with E-state index in [0.717, 1.165) is 37.7 Å². The van der Waals surface area contributed by atoms with Crippen LogP contribution in [0, 0.1) is 0 Å².